The Morgan fingerprint density at radius 2 is 2.29 bits per heavy atom. The predicted octanol–water partition coefficient (Wildman–Crippen LogP) is 2.86. The van der Waals surface area contributed by atoms with Crippen molar-refractivity contribution < 1.29 is 9.18 Å². The lowest BCUT2D eigenvalue weighted by atomic mass is 10.3. The number of fused-ring (bicyclic) bond motifs is 1. The lowest BCUT2D eigenvalue weighted by Crippen LogP contribution is -2.10. The van der Waals surface area contributed by atoms with Crippen LogP contribution in [0.5, 0.6) is 0 Å². The topological polar surface area (TPSA) is 29.1 Å². The zero-order chi connectivity index (χ0) is 10.1. The molecule has 14 heavy (non-hydrogen) atoms. The van der Waals surface area contributed by atoms with Gasteiger partial charge in [0.25, 0.3) is 0 Å². The molecule has 2 nitrogen and oxygen atoms in total. The molecule has 1 N–H and O–H groups in total. The molecule has 0 unspecified atom stereocenters. The molecule has 0 atom stereocenters. The molecule has 0 aromatic heterocycles. The Labute approximate surface area is 98.8 Å². The van der Waals surface area contributed by atoms with Crippen molar-refractivity contribution in [3.8, 4) is 0 Å². The van der Waals surface area contributed by atoms with Gasteiger partial charge in [0.15, 0.2) is 0 Å². The smallest absolute Gasteiger partial charge is 0.225 e. The molecule has 1 heterocycles. The first-order valence-electron chi connectivity index (χ1n) is 4.08. The van der Waals surface area contributed by atoms with E-state index in [1.54, 1.807) is 6.07 Å². The van der Waals surface area contributed by atoms with Gasteiger partial charge in [0, 0.05) is 17.1 Å². The number of benzene rings is 1. The van der Waals surface area contributed by atoms with Crippen molar-refractivity contribution in [2.24, 2.45) is 0 Å². The average molecular weight is 323 g/mol. The summed E-state index contributed by atoms with van der Waals surface area (Å²) in [6.45, 7) is 0. The number of nitrogens with one attached hydrogen (secondary N) is 1. The van der Waals surface area contributed by atoms with Crippen molar-refractivity contribution >= 4 is 45.9 Å². The first-order valence-corrected chi connectivity index (χ1v) is 6.15. The second kappa shape index (κ2) is 4.06. The summed E-state index contributed by atoms with van der Waals surface area (Å²) in [6, 6.07) is 3.15. The summed E-state index contributed by atoms with van der Waals surface area (Å²) in [5.74, 6) is 0.477. The van der Waals surface area contributed by atoms with Gasteiger partial charge in [-0.25, -0.2) is 4.39 Å². The molecule has 1 aromatic carbocycles. The highest BCUT2D eigenvalue weighted by Gasteiger charge is 2.15. The average Bonchev–Trinajstić information content (AvgIpc) is 2.28. The quantitative estimate of drug-likeness (QED) is 0.744. The van der Waals surface area contributed by atoms with E-state index in [1.807, 2.05) is 22.6 Å². The summed E-state index contributed by atoms with van der Waals surface area (Å²) < 4.78 is 13.7. The zero-order valence-electron chi connectivity index (χ0n) is 7.14. The molecule has 0 bridgehead atoms. The SMILES string of the molecule is O=C1CCSc2cc(F)c(I)cc2N1. The van der Waals surface area contributed by atoms with Gasteiger partial charge in [0.05, 0.1) is 9.26 Å². The first kappa shape index (κ1) is 10.2. The molecule has 1 amide bonds. The van der Waals surface area contributed by atoms with Crippen LogP contribution >= 0.6 is 34.4 Å². The van der Waals surface area contributed by atoms with E-state index in [2.05, 4.69) is 5.32 Å². The predicted molar refractivity (Wildman–Crippen MR) is 63.1 cm³/mol. The summed E-state index contributed by atoms with van der Waals surface area (Å²) in [5.41, 5.74) is 0.725. The Morgan fingerprint density at radius 1 is 1.50 bits per heavy atom. The molecule has 0 fully saturated rings. The van der Waals surface area contributed by atoms with Crippen LogP contribution in [0.15, 0.2) is 17.0 Å². The summed E-state index contributed by atoms with van der Waals surface area (Å²) in [7, 11) is 0. The summed E-state index contributed by atoms with van der Waals surface area (Å²) in [6.07, 6.45) is 0.484. The minimum absolute atomic E-state index is 0.00124. The number of halogens is 2. The number of anilines is 1. The minimum atomic E-state index is -0.229. The number of rotatable bonds is 0. The molecule has 0 radical (unpaired) electrons. The molecule has 1 aliphatic heterocycles. The van der Waals surface area contributed by atoms with E-state index in [4.69, 9.17) is 0 Å². The van der Waals surface area contributed by atoms with Crippen molar-refractivity contribution in [1.29, 1.82) is 0 Å². The fourth-order valence-electron chi connectivity index (χ4n) is 1.21. The first-order chi connectivity index (χ1) is 6.66. The van der Waals surface area contributed by atoms with E-state index in [-0.39, 0.29) is 11.7 Å². The highest BCUT2D eigenvalue weighted by Crippen LogP contribution is 2.33. The monoisotopic (exact) mass is 323 g/mol. The third-order valence-electron chi connectivity index (χ3n) is 1.88. The van der Waals surface area contributed by atoms with E-state index in [1.165, 1.54) is 17.8 Å². The Kier molecular flexibility index (Phi) is 2.96. The third kappa shape index (κ3) is 2.03. The van der Waals surface area contributed by atoms with Gasteiger partial charge in [-0.15, -0.1) is 11.8 Å². The number of carbonyl (C=O) groups excluding carboxylic acids is 1. The van der Waals surface area contributed by atoms with Crippen molar-refractivity contribution in [2.75, 3.05) is 11.1 Å². The van der Waals surface area contributed by atoms with Crippen LogP contribution in [0.1, 0.15) is 6.42 Å². The molecule has 5 heteroatoms. The van der Waals surface area contributed by atoms with E-state index in [0.29, 0.717) is 15.7 Å². The molecule has 74 valence electrons. The zero-order valence-corrected chi connectivity index (χ0v) is 10.1. The second-order valence-electron chi connectivity index (χ2n) is 2.91. The Morgan fingerprint density at radius 3 is 3.07 bits per heavy atom. The minimum Gasteiger partial charge on any atom is -0.325 e. The van der Waals surface area contributed by atoms with Gasteiger partial charge in [-0.2, -0.15) is 0 Å². The lowest BCUT2D eigenvalue weighted by molar-refractivity contribution is -0.115. The molecule has 0 saturated heterocycles. The van der Waals surface area contributed by atoms with E-state index in [9.17, 15) is 9.18 Å². The Balaban J connectivity index is 2.46. The van der Waals surface area contributed by atoms with Crippen LogP contribution in [0.25, 0.3) is 0 Å². The van der Waals surface area contributed by atoms with Gasteiger partial charge in [0.1, 0.15) is 5.82 Å². The van der Waals surface area contributed by atoms with Crippen molar-refractivity contribution in [3.63, 3.8) is 0 Å². The van der Waals surface area contributed by atoms with Crippen LogP contribution in [-0.4, -0.2) is 11.7 Å². The fourth-order valence-corrected chi connectivity index (χ4v) is 2.64. The number of thioether (sulfide) groups is 1. The van der Waals surface area contributed by atoms with Gasteiger partial charge in [-0.3, -0.25) is 4.79 Å². The lowest BCUT2D eigenvalue weighted by Gasteiger charge is -2.06. The van der Waals surface area contributed by atoms with Crippen LogP contribution < -0.4 is 5.32 Å². The molecular formula is C9H7FINOS. The molecule has 0 saturated carbocycles. The van der Waals surface area contributed by atoms with E-state index >= 15 is 0 Å². The number of carbonyl (C=O) groups is 1. The maximum absolute atomic E-state index is 13.2. The molecule has 0 aliphatic carbocycles. The van der Waals surface area contributed by atoms with Crippen LogP contribution in [0.2, 0.25) is 0 Å². The van der Waals surface area contributed by atoms with E-state index in [0.717, 1.165) is 10.6 Å². The van der Waals surface area contributed by atoms with Crippen molar-refractivity contribution in [1.82, 2.24) is 0 Å². The standard InChI is InChI=1S/C9H7FINOS/c10-5-3-8-7(4-6(5)11)12-9(13)1-2-14-8/h3-4H,1-2H2,(H,12,13). The normalized spacial score (nSPS) is 15.7. The van der Waals surface area contributed by atoms with Crippen LogP contribution in [0, 0.1) is 9.39 Å². The largest absolute Gasteiger partial charge is 0.325 e. The maximum atomic E-state index is 13.2. The van der Waals surface area contributed by atoms with Crippen molar-refractivity contribution in [2.45, 2.75) is 11.3 Å². The summed E-state index contributed by atoms with van der Waals surface area (Å²) >= 11 is 3.42. The molecular weight excluding hydrogens is 316 g/mol. The van der Waals surface area contributed by atoms with Crippen LogP contribution in [0.3, 0.4) is 0 Å². The van der Waals surface area contributed by atoms with Gasteiger partial charge in [-0.05, 0) is 34.7 Å². The second-order valence-corrected chi connectivity index (χ2v) is 5.21. The third-order valence-corrected chi connectivity index (χ3v) is 3.77. The molecule has 2 rings (SSSR count). The van der Waals surface area contributed by atoms with Crippen molar-refractivity contribution in [3.05, 3.63) is 21.5 Å². The molecule has 1 aromatic rings. The van der Waals surface area contributed by atoms with E-state index < -0.39 is 0 Å². The Bertz CT molecular complexity index is 397. The van der Waals surface area contributed by atoms with Gasteiger partial charge < -0.3 is 5.32 Å². The molecule has 0 spiro atoms. The number of hydrogen-bond donors (Lipinski definition) is 1. The summed E-state index contributed by atoms with van der Waals surface area (Å²) in [4.78, 5) is 12.0. The molecule has 1 aliphatic rings. The highest BCUT2D eigenvalue weighted by atomic mass is 127. The number of hydrogen-bond acceptors (Lipinski definition) is 2. The maximum Gasteiger partial charge on any atom is 0.225 e. The van der Waals surface area contributed by atoms with Gasteiger partial charge in [-0.1, -0.05) is 0 Å². The Hall–Kier alpha value is -0.300. The van der Waals surface area contributed by atoms with Gasteiger partial charge >= 0.3 is 0 Å². The van der Waals surface area contributed by atoms with Crippen LogP contribution in [-0.2, 0) is 4.79 Å². The number of amides is 1. The van der Waals surface area contributed by atoms with Gasteiger partial charge in [0.2, 0.25) is 5.91 Å². The highest BCUT2D eigenvalue weighted by molar-refractivity contribution is 14.1. The summed E-state index contributed by atoms with van der Waals surface area (Å²) in [5, 5.41) is 2.76. The fraction of sp³-hybridized carbons (Fsp3) is 0.222. The van der Waals surface area contributed by atoms with Crippen LogP contribution in [0.4, 0.5) is 10.1 Å².